The molecule has 1 unspecified atom stereocenters. The molecule has 0 saturated heterocycles. The predicted molar refractivity (Wildman–Crippen MR) is 94.2 cm³/mol. The van der Waals surface area contributed by atoms with Crippen LogP contribution in [-0.2, 0) is 9.59 Å². The molecule has 0 aromatic heterocycles. The number of hydrazine groups is 1. The molecule has 0 aliphatic carbocycles. The first-order valence-corrected chi connectivity index (χ1v) is 8.05. The molecule has 0 saturated carbocycles. The Morgan fingerprint density at radius 2 is 1.62 bits per heavy atom. The van der Waals surface area contributed by atoms with Crippen molar-refractivity contribution in [1.82, 2.24) is 10.9 Å². The maximum atomic E-state index is 12.8. The Hall–Kier alpha value is -3.09. The second-order valence-corrected chi connectivity index (χ2v) is 5.86. The number of carbonyl (C=O) groups is 2. The third kappa shape index (κ3) is 6.08. The number of hydrogen-bond acceptors (Lipinski definition) is 4. The normalized spacial score (nSPS) is 11.4. The molecule has 2 aromatic carbocycles. The van der Waals surface area contributed by atoms with E-state index in [4.69, 9.17) is 9.47 Å². The lowest BCUT2D eigenvalue weighted by molar-refractivity contribution is -0.133. The summed E-state index contributed by atoms with van der Waals surface area (Å²) in [6.45, 7) is 5.14. The maximum Gasteiger partial charge on any atom is 0.279 e. The van der Waals surface area contributed by atoms with Crippen LogP contribution in [-0.4, -0.2) is 24.5 Å². The van der Waals surface area contributed by atoms with Gasteiger partial charge in [-0.25, -0.2) is 4.39 Å². The smallest absolute Gasteiger partial charge is 0.279 e. The molecule has 2 rings (SSSR count). The van der Waals surface area contributed by atoms with Crippen molar-refractivity contribution in [3.8, 4) is 11.5 Å². The Bertz CT molecular complexity index is 757. The lowest BCUT2D eigenvalue weighted by Crippen LogP contribution is -2.48. The van der Waals surface area contributed by atoms with Crippen LogP contribution in [0, 0.1) is 19.7 Å². The molecular weight excluding hydrogens is 339 g/mol. The van der Waals surface area contributed by atoms with Crippen LogP contribution in [0.25, 0.3) is 0 Å². The van der Waals surface area contributed by atoms with Gasteiger partial charge in [0.15, 0.2) is 12.7 Å². The van der Waals surface area contributed by atoms with E-state index in [0.717, 1.165) is 11.1 Å². The first kappa shape index (κ1) is 19.2. The maximum absolute atomic E-state index is 12.8. The van der Waals surface area contributed by atoms with Gasteiger partial charge in [-0.05, 0) is 68.3 Å². The minimum Gasteiger partial charge on any atom is -0.484 e. The highest BCUT2D eigenvalue weighted by atomic mass is 19.1. The van der Waals surface area contributed by atoms with Crippen molar-refractivity contribution in [1.29, 1.82) is 0 Å². The van der Waals surface area contributed by atoms with Gasteiger partial charge >= 0.3 is 0 Å². The molecule has 0 heterocycles. The average molecular weight is 360 g/mol. The number of benzene rings is 2. The van der Waals surface area contributed by atoms with Crippen LogP contribution in [0.5, 0.6) is 11.5 Å². The van der Waals surface area contributed by atoms with E-state index < -0.39 is 23.7 Å². The second kappa shape index (κ2) is 8.84. The Morgan fingerprint density at radius 1 is 1.00 bits per heavy atom. The van der Waals surface area contributed by atoms with Crippen LogP contribution in [0.1, 0.15) is 18.1 Å². The van der Waals surface area contributed by atoms with Gasteiger partial charge in [-0.1, -0.05) is 6.07 Å². The largest absolute Gasteiger partial charge is 0.484 e. The summed E-state index contributed by atoms with van der Waals surface area (Å²) in [7, 11) is 0. The minimum absolute atomic E-state index is 0.240. The van der Waals surface area contributed by atoms with Gasteiger partial charge in [0.25, 0.3) is 11.8 Å². The van der Waals surface area contributed by atoms with Crippen LogP contribution in [0.15, 0.2) is 42.5 Å². The Balaban J connectivity index is 1.75. The van der Waals surface area contributed by atoms with Gasteiger partial charge < -0.3 is 9.47 Å². The molecule has 2 N–H and O–H groups in total. The van der Waals surface area contributed by atoms with Gasteiger partial charge in [-0.15, -0.1) is 0 Å². The summed E-state index contributed by atoms with van der Waals surface area (Å²) in [6.07, 6.45) is -0.874. The fourth-order valence-corrected chi connectivity index (χ4v) is 2.20. The number of ether oxygens (including phenoxy) is 2. The molecule has 0 bridgehead atoms. The molecule has 6 nitrogen and oxygen atoms in total. The highest BCUT2D eigenvalue weighted by molar-refractivity contribution is 5.85. The first-order chi connectivity index (χ1) is 12.3. The minimum atomic E-state index is -0.874. The molecule has 138 valence electrons. The average Bonchev–Trinajstić information content (AvgIpc) is 2.59. The van der Waals surface area contributed by atoms with E-state index in [9.17, 15) is 14.0 Å². The van der Waals surface area contributed by atoms with E-state index in [2.05, 4.69) is 10.9 Å². The number of halogens is 1. The molecule has 0 aliphatic heterocycles. The lowest BCUT2D eigenvalue weighted by atomic mass is 10.1. The lowest BCUT2D eigenvalue weighted by Gasteiger charge is -2.15. The molecule has 1 atom stereocenters. The standard InChI is InChI=1S/C19H21FN2O4/c1-12-8-13(2)10-17(9-12)25-11-18(23)21-22-19(24)14(3)26-16-6-4-15(20)5-7-16/h4-10,14H,11H2,1-3H3,(H,21,23)(H,22,24). The molecule has 26 heavy (non-hydrogen) atoms. The van der Waals surface area contributed by atoms with E-state index in [1.807, 2.05) is 32.0 Å². The summed E-state index contributed by atoms with van der Waals surface area (Å²) >= 11 is 0. The Labute approximate surface area is 151 Å². The molecule has 0 aliphatic rings. The molecule has 2 amide bonds. The van der Waals surface area contributed by atoms with Gasteiger partial charge in [0.2, 0.25) is 0 Å². The zero-order valence-electron chi connectivity index (χ0n) is 14.8. The van der Waals surface area contributed by atoms with Crippen molar-refractivity contribution >= 4 is 11.8 Å². The zero-order chi connectivity index (χ0) is 19.1. The third-order valence-electron chi connectivity index (χ3n) is 3.39. The molecule has 0 radical (unpaired) electrons. The van der Waals surface area contributed by atoms with E-state index in [-0.39, 0.29) is 6.61 Å². The number of nitrogens with one attached hydrogen (secondary N) is 2. The van der Waals surface area contributed by atoms with Crippen LogP contribution < -0.4 is 20.3 Å². The number of amides is 2. The van der Waals surface area contributed by atoms with Crippen LogP contribution >= 0.6 is 0 Å². The fourth-order valence-electron chi connectivity index (χ4n) is 2.20. The van der Waals surface area contributed by atoms with Crippen molar-refractivity contribution in [3.05, 3.63) is 59.4 Å². The Morgan fingerprint density at radius 3 is 2.23 bits per heavy atom. The van der Waals surface area contributed by atoms with Gasteiger partial charge in [0.1, 0.15) is 17.3 Å². The number of carbonyl (C=O) groups excluding carboxylic acids is 2. The molecule has 7 heteroatoms. The second-order valence-electron chi connectivity index (χ2n) is 5.86. The number of hydrogen-bond donors (Lipinski definition) is 2. The summed E-state index contributed by atoms with van der Waals surface area (Å²) in [5, 5.41) is 0. The van der Waals surface area contributed by atoms with Gasteiger partial charge in [0.05, 0.1) is 0 Å². The van der Waals surface area contributed by atoms with Crippen molar-refractivity contribution in [2.75, 3.05) is 6.61 Å². The SMILES string of the molecule is Cc1cc(C)cc(OCC(=O)NNC(=O)C(C)Oc2ccc(F)cc2)c1. The van der Waals surface area contributed by atoms with E-state index in [0.29, 0.717) is 11.5 Å². The zero-order valence-corrected chi connectivity index (χ0v) is 14.8. The fraction of sp³-hybridized carbons (Fsp3) is 0.263. The third-order valence-corrected chi connectivity index (χ3v) is 3.39. The Kier molecular flexibility index (Phi) is 6.54. The topological polar surface area (TPSA) is 76.7 Å². The van der Waals surface area contributed by atoms with E-state index in [1.165, 1.54) is 31.2 Å². The van der Waals surface area contributed by atoms with E-state index in [1.54, 1.807) is 0 Å². The van der Waals surface area contributed by atoms with Crippen molar-refractivity contribution in [3.63, 3.8) is 0 Å². The van der Waals surface area contributed by atoms with Gasteiger partial charge in [-0.3, -0.25) is 20.4 Å². The summed E-state index contributed by atoms with van der Waals surface area (Å²) in [5.74, 6) is -0.526. The van der Waals surface area contributed by atoms with E-state index >= 15 is 0 Å². The van der Waals surface area contributed by atoms with Crippen LogP contribution in [0.4, 0.5) is 4.39 Å². The summed E-state index contributed by atoms with van der Waals surface area (Å²) in [6, 6.07) is 10.9. The summed E-state index contributed by atoms with van der Waals surface area (Å²) in [4.78, 5) is 23.7. The molecule has 0 spiro atoms. The molecule has 2 aromatic rings. The van der Waals surface area contributed by atoms with Crippen molar-refractivity contribution in [2.24, 2.45) is 0 Å². The highest BCUT2D eigenvalue weighted by Crippen LogP contribution is 2.16. The summed E-state index contributed by atoms with van der Waals surface area (Å²) in [5.41, 5.74) is 6.57. The van der Waals surface area contributed by atoms with Crippen molar-refractivity contribution in [2.45, 2.75) is 26.9 Å². The highest BCUT2D eigenvalue weighted by Gasteiger charge is 2.15. The van der Waals surface area contributed by atoms with Crippen LogP contribution in [0.2, 0.25) is 0 Å². The monoisotopic (exact) mass is 360 g/mol. The van der Waals surface area contributed by atoms with Gasteiger partial charge in [0, 0.05) is 0 Å². The molecular formula is C19H21FN2O4. The predicted octanol–water partition coefficient (Wildman–Crippen LogP) is 2.44. The number of aryl methyl sites for hydroxylation is 2. The van der Waals surface area contributed by atoms with Gasteiger partial charge in [-0.2, -0.15) is 0 Å². The molecule has 0 fully saturated rings. The number of rotatable bonds is 6. The van der Waals surface area contributed by atoms with Crippen LogP contribution in [0.3, 0.4) is 0 Å². The quantitative estimate of drug-likeness (QED) is 0.776. The summed E-state index contributed by atoms with van der Waals surface area (Å²) < 4.78 is 23.6. The first-order valence-electron chi connectivity index (χ1n) is 8.05. The van der Waals surface area contributed by atoms with Crippen molar-refractivity contribution < 1.29 is 23.5 Å².